The van der Waals surface area contributed by atoms with Crippen molar-refractivity contribution in [3.8, 4) is 5.75 Å². The molecule has 0 saturated carbocycles. The maximum atomic E-state index is 13.1. The van der Waals surface area contributed by atoms with Crippen molar-refractivity contribution in [1.82, 2.24) is 0 Å². The predicted molar refractivity (Wildman–Crippen MR) is 83.0 cm³/mol. The SMILES string of the molecule is C[C@H](OC(=O)c1ccc(OC(F)(F)F)cc1)C(=O)Nc1cccc(F)c1. The maximum Gasteiger partial charge on any atom is 0.573 e. The largest absolute Gasteiger partial charge is 0.573 e. The standard InChI is InChI=1S/C17H13F4NO4/c1-10(15(23)22-13-4-2-3-12(18)9-13)25-16(24)11-5-7-14(8-6-11)26-17(19,20)21/h2-10H,1H3,(H,22,23)/t10-/m0/s1. The predicted octanol–water partition coefficient (Wildman–Crippen LogP) is 3.91. The molecule has 0 aliphatic rings. The Morgan fingerprint density at radius 2 is 1.73 bits per heavy atom. The fourth-order valence-electron chi connectivity index (χ4n) is 1.88. The zero-order chi connectivity index (χ0) is 19.3. The summed E-state index contributed by atoms with van der Waals surface area (Å²) < 4.78 is 57.9. The Morgan fingerprint density at radius 3 is 2.31 bits per heavy atom. The Balaban J connectivity index is 1.94. The van der Waals surface area contributed by atoms with Crippen LogP contribution in [0.25, 0.3) is 0 Å². The van der Waals surface area contributed by atoms with Gasteiger partial charge in [-0.15, -0.1) is 13.2 Å². The van der Waals surface area contributed by atoms with Crippen LogP contribution in [-0.4, -0.2) is 24.3 Å². The van der Waals surface area contributed by atoms with Gasteiger partial charge in [0, 0.05) is 5.69 Å². The highest BCUT2D eigenvalue weighted by atomic mass is 19.4. The normalized spacial score (nSPS) is 12.2. The molecule has 0 bridgehead atoms. The van der Waals surface area contributed by atoms with Crippen LogP contribution >= 0.6 is 0 Å². The summed E-state index contributed by atoms with van der Waals surface area (Å²) in [7, 11) is 0. The maximum absolute atomic E-state index is 13.1. The first-order valence-corrected chi connectivity index (χ1v) is 7.27. The van der Waals surface area contributed by atoms with Gasteiger partial charge < -0.3 is 14.8 Å². The number of carbonyl (C=O) groups excluding carboxylic acids is 2. The van der Waals surface area contributed by atoms with E-state index in [1.807, 2.05) is 0 Å². The monoisotopic (exact) mass is 371 g/mol. The molecule has 0 aliphatic carbocycles. The number of rotatable bonds is 5. The smallest absolute Gasteiger partial charge is 0.449 e. The van der Waals surface area contributed by atoms with Crippen LogP contribution in [0.1, 0.15) is 17.3 Å². The van der Waals surface area contributed by atoms with Gasteiger partial charge in [-0.3, -0.25) is 4.79 Å². The third-order valence-electron chi connectivity index (χ3n) is 3.07. The average molecular weight is 371 g/mol. The van der Waals surface area contributed by atoms with Crippen molar-refractivity contribution in [2.75, 3.05) is 5.32 Å². The number of halogens is 4. The van der Waals surface area contributed by atoms with Crippen LogP contribution in [0.2, 0.25) is 0 Å². The molecule has 2 aromatic rings. The molecule has 0 aliphatic heterocycles. The number of alkyl halides is 3. The summed E-state index contributed by atoms with van der Waals surface area (Å²) >= 11 is 0. The summed E-state index contributed by atoms with van der Waals surface area (Å²) in [5.41, 5.74) is 0.122. The van der Waals surface area contributed by atoms with E-state index in [0.29, 0.717) is 0 Å². The topological polar surface area (TPSA) is 64.6 Å². The molecule has 138 valence electrons. The number of anilines is 1. The molecule has 0 saturated heterocycles. The molecule has 5 nitrogen and oxygen atoms in total. The van der Waals surface area contributed by atoms with E-state index in [9.17, 15) is 27.2 Å². The van der Waals surface area contributed by atoms with Crippen LogP contribution in [0, 0.1) is 5.82 Å². The van der Waals surface area contributed by atoms with Crippen LogP contribution < -0.4 is 10.1 Å². The van der Waals surface area contributed by atoms with Gasteiger partial charge in [-0.05, 0) is 49.4 Å². The van der Waals surface area contributed by atoms with Crippen molar-refractivity contribution in [2.24, 2.45) is 0 Å². The Labute approximate surface area is 145 Å². The molecule has 0 radical (unpaired) electrons. The van der Waals surface area contributed by atoms with E-state index in [0.717, 1.165) is 30.3 Å². The van der Waals surface area contributed by atoms with Crippen LogP contribution in [0.5, 0.6) is 5.75 Å². The summed E-state index contributed by atoms with van der Waals surface area (Å²) in [6, 6.07) is 9.17. The molecule has 0 unspecified atom stereocenters. The Kier molecular flexibility index (Phi) is 5.81. The lowest BCUT2D eigenvalue weighted by Gasteiger charge is -2.14. The van der Waals surface area contributed by atoms with Gasteiger partial charge in [0.2, 0.25) is 0 Å². The first-order chi connectivity index (χ1) is 12.1. The van der Waals surface area contributed by atoms with Gasteiger partial charge in [0.05, 0.1) is 5.56 Å². The van der Waals surface area contributed by atoms with Crippen molar-refractivity contribution < 1.29 is 36.6 Å². The molecule has 0 heterocycles. The lowest BCUT2D eigenvalue weighted by molar-refractivity contribution is -0.274. The first kappa shape index (κ1) is 19.2. The van der Waals surface area contributed by atoms with Crippen LogP contribution in [0.15, 0.2) is 48.5 Å². The fraction of sp³-hybridized carbons (Fsp3) is 0.176. The number of hydrogen-bond acceptors (Lipinski definition) is 4. The number of carbonyl (C=O) groups is 2. The second-order valence-corrected chi connectivity index (χ2v) is 5.12. The highest BCUT2D eigenvalue weighted by Gasteiger charge is 2.31. The van der Waals surface area contributed by atoms with Gasteiger partial charge in [-0.1, -0.05) is 6.07 Å². The van der Waals surface area contributed by atoms with Crippen molar-refractivity contribution in [3.63, 3.8) is 0 Å². The van der Waals surface area contributed by atoms with Gasteiger partial charge in [-0.25, -0.2) is 9.18 Å². The van der Waals surface area contributed by atoms with Crippen molar-refractivity contribution in [3.05, 3.63) is 59.9 Å². The van der Waals surface area contributed by atoms with Gasteiger partial charge in [0.1, 0.15) is 11.6 Å². The minimum absolute atomic E-state index is 0.0649. The van der Waals surface area contributed by atoms with Crippen LogP contribution in [-0.2, 0) is 9.53 Å². The van der Waals surface area contributed by atoms with Gasteiger partial charge in [-0.2, -0.15) is 0 Å². The molecule has 0 fully saturated rings. The highest BCUT2D eigenvalue weighted by molar-refractivity contribution is 5.97. The van der Waals surface area contributed by atoms with E-state index in [2.05, 4.69) is 10.1 Å². The second kappa shape index (κ2) is 7.85. The third-order valence-corrected chi connectivity index (χ3v) is 3.07. The molecule has 1 atom stereocenters. The van der Waals surface area contributed by atoms with E-state index >= 15 is 0 Å². The zero-order valence-electron chi connectivity index (χ0n) is 13.3. The number of hydrogen-bond donors (Lipinski definition) is 1. The molecule has 26 heavy (non-hydrogen) atoms. The number of benzene rings is 2. The van der Waals surface area contributed by atoms with Crippen molar-refractivity contribution in [2.45, 2.75) is 19.4 Å². The molecule has 0 aromatic heterocycles. The van der Waals surface area contributed by atoms with Crippen LogP contribution in [0.3, 0.4) is 0 Å². The molecular weight excluding hydrogens is 358 g/mol. The lowest BCUT2D eigenvalue weighted by Crippen LogP contribution is -2.30. The Bertz CT molecular complexity index is 790. The lowest BCUT2D eigenvalue weighted by atomic mass is 10.2. The molecule has 1 N–H and O–H groups in total. The van der Waals surface area contributed by atoms with E-state index in [1.165, 1.54) is 25.1 Å². The summed E-state index contributed by atoms with van der Waals surface area (Å²) in [4.78, 5) is 23.9. The van der Waals surface area contributed by atoms with Crippen molar-refractivity contribution in [1.29, 1.82) is 0 Å². The molecular formula is C17H13F4NO4. The molecule has 2 rings (SSSR count). The number of ether oxygens (including phenoxy) is 2. The summed E-state index contributed by atoms with van der Waals surface area (Å²) in [5.74, 6) is -2.65. The Morgan fingerprint density at radius 1 is 1.08 bits per heavy atom. The molecule has 0 spiro atoms. The number of esters is 1. The number of nitrogens with one attached hydrogen (secondary N) is 1. The highest BCUT2D eigenvalue weighted by Crippen LogP contribution is 2.23. The number of amides is 1. The second-order valence-electron chi connectivity index (χ2n) is 5.12. The zero-order valence-corrected chi connectivity index (χ0v) is 13.3. The van der Waals surface area contributed by atoms with Gasteiger partial charge in [0.15, 0.2) is 6.10 Å². The van der Waals surface area contributed by atoms with E-state index in [1.54, 1.807) is 0 Å². The minimum atomic E-state index is -4.84. The third kappa shape index (κ3) is 5.76. The molecule has 2 aromatic carbocycles. The minimum Gasteiger partial charge on any atom is -0.449 e. The first-order valence-electron chi connectivity index (χ1n) is 7.27. The quantitative estimate of drug-likeness (QED) is 0.639. The Hall–Kier alpha value is -3.10. The molecule has 1 amide bonds. The van der Waals surface area contributed by atoms with E-state index in [-0.39, 0.29) is 11.3 Å². The fourth-order valence-corrected chi connectivity index (χ4v) is 1.88. The van der Waals surface area contributed by atoms with Gasteiger partial charge in [0.25, 0.3) is 5.91 Å². The van der Waals surface area contributed by atoms with E-state index in [4.69, 9.17) is 4.74 Å². The average Bonchev–Trinajstić information content (AvgIpc) is 2.53. The van der Waals surface area contributed by atoms with E-state index < -0.39 is 35.9 Å². The summed E-state index contributed by atoms with van der Waals surface area (Å²) in [6.07, 6.45) is -6.05. The van der Waals surface area contributed by atoms with Crippen molar-refractivity contribution >= 4 is 17.6 Å². The summed E-state index contributed by atoms with van der Waals surface area (Å²) in [6.45, 7) is 1.30. The van der Waals surface area contributed by atoms with Crippen LogP contribution in [0.4, 0.5) is 23.2 Å². The molecule has 9 heteroatoms. The van der Waals surface area contributed by atoms with Gasteiger partial charge >= 0.3 is 12.3 Å². The summed E-state index contributed by atoms with van der Waals surface area (Å²) in [5, 5.41) is 2.37.